The third-order valence-electron chi connectivity index (χ3n) is 4.88. The molecule has 5 heteroatoms. The average molecular weight is 402 g/mol. The Hall–Kier alpha value is -3.60. The Morgan fingerprint density at radius 3 is 1.77 bits per heavy atom. The third-order valence-corrected chi connectivity index (χ3v) is 4.88. The highest BCUT2D eigenvalue weighted by Gasteiger charge is 2.12. The molecule has 2 amide bonds. The van der Waals surface area contributed by atoms with Gasteiger partial charge in [-0.1, -0.05) is 43.7 Å². The molecule has 2 N–H and O–H groups in total. The summed E-state index contributed by atoms with van der Waals surface area (Å²) in [6.45, 7) is 3.15. The van der Waals surface area contributed by atoms with E-state index in [2.05, 4.69) is 29.5 Å². The molecule has 0 bridgehead atoms. The van der Waals surface area contributed by atoms with E-state index in [1.807, 2.05) is 54.6 Å². The largest absolute Gasteiger partial charge is 0.375 e. The van der Waals surface area contributed by atoms with E-state index in [0.717, 1.165) is 25.1 Å². The highest BCUT2D eigenvalue weighted by Crippen LogP contribution is 2.23. The van der Waals surface area contributed by atoms with E-state index in [1.165, 1.54) is 0 Å². The third kappa shape index (κ3) is 5.47. The van der Waals surface area contributed by atoms with Crippen LogP contribution in [0.2, 0.25) is 0 Å². The molecule has 5 nitrogen and oxygen atoms in total. The minimum atomic E-state index is -0.225. The maximum absolute atomic E-state index is 12.7. The van der Waals surface area contributed by atoms with Crippen LogP contribution in [0.4, 0.5) is 17.1 Å². The van der Waals surface area contributed by atoms with Gasteiger partial charge in [0.05, 0.1) is 11.4 Å². The molecule has 0 atom stereocenters. The van der Waals surface area contributed by atoms with Crippen molar-refractivity contribution in [3.63, 3.8) is 0 Å². The van der Waals surface area contributed by atoms with Crippen molar-refractivity contribution in [3.8, 4) is 0 Å². The molecule has 0 saturated heterocycles. The van der Waals surface area contributed by atoms with Crippen LogP contribution in [-0.2, 0) is 0 Å². The number of para-hydroxylation sites is 2. The second-order valence-electron chi connectivity index (χ2n) is 7.14. The number of anilines is 3. The lowest BCUT2D eigenvalue weighted by Gasteiger charge is -2.19. The minimum Gasteiger partial charge on any atom is -0.375 e. The summed E-state index contributed by atoms with van der Waals surface area (Å²) in [4.78, 5) is 27.4. The molecule has 3 aromatic carbocycles. The summed E-state index contributed by atoms with van der Waals surface area (Å²) in [7, 11) is 2.05. The first-order valence-corrected chi connectivity index (χ1v) is 10.2. The van der Waals surface area contributed by atoms with E-state index in [0.29, 0.717) is 22.5 Å². The summed E-state index contributed by atoms with van der Waals surface area (Å²) >= 11 is 0. The maximum Gasteiger partial charge on any atom is 0.255 e. The molecule has 0 aliphatic carbocycles. The number of carbonyl (C=O) groups is 2. The van der Waals surface area contributed by atoms with Crippen molar-refractivity contribution in [2.24, 2.45) is 0 Å². The van der Waals surface area contributed by atoms with Gasteiger partial charge in [-0.15, -0.1) is 0 Å². The molecule has 0 spiro atoms. The molecule has 0 aliphatic rings. The fourth-order valence-corrected chi connectivity index (χ4v) is 3.07. The van der Waals surface area contributed by atoms with Gasteiger partial charge < -0.3 is 15.5 Å². The predicted molar refractivity (Wildman–Crippen MR) is 123 cm³/mol. The fourth-order valence-electron chi connectivity index (χ4n) is 3.07. The van der Waals surface area contributed by atoms with Crippen molar-refractivity contribution >= 4 is 28.9 Å². The topological polar surface area (TPSA) is 61.4 Å². The Labute approximate surface area is 177 Å². The standard InChI is InChI=1S/C25H27N3O2/c1-3-4-18-28(2)21-16-14-20(15-17-21)25(30)27-23-13-9-8-12-22(23)26-24(29)19-10-6-5-7-11-19/h5-17H,3-4,18H2,1-2H3,(H,26,29)(H,27,30). The molecule has 30 heavy (non-hydrogen) atoms. The monoisotopic (exact) mass is 401 g/mol. The van der Waals surface area contributed by atoms with Gasteiger partial charge in [0.15, 0.2) is 0 Å². The zero-order valence-electron chi connectivity index (χ0n) is 17.4. The van der Waals surface area contributed by atoms with Gasteiger partial charge in [0.1, 0.15) is 0 Å². The lowest BCUT2D eigenvalue weighted by molar-refractivity contribution is 0.101. The maximum atomic E-state index is 12.7. The number of benzene rings is 3. The molecule has 0 radical (unpaired) electrons. The van der Waals surface area contributed by atoms with Crippen molar-refractivity contribution in [2.45, 2.75) is 19.8 Å². The highest BCUT2D eigenvalue weighted by molar-refractivity contribution is 6.10. The van der Waals surface area contributed by atoms with Gasteiger partial charge >= 0.3 is 0 Å². The smallest absolute Gasteiger partial charge is 0.255 e. The van der Waals surface area contributed by atoms with Crippen LogP contribution in [0.1, 0.15) is 40.5 Å². The normalized spacial score (nSPS) is 10.3. The quantitative estimate of drug-likeness (QED) is 0.529. The Bertz CT molecular complexity index is 985. The van der Waals surface area contributed by atoms with E-state index in [9.17, 15) is 9.59 Å². The molecule has 3 rings (SSSR count). The summed E-state index contributed by atoms with van der Waals surface area (Å²) in [6.07, 6.45) is 2.27. The van der Waals surface area contributed by atoms with E-state index in [1.54, 1.807) is 24.3 Å². The Morgan fingerprint density at radius 1 is 0.733 bits per heavy atom. The fraction of sp³-hybridized carbons (Fsp3) is 0.200. The van der Waals surface area contributed by atoms with Crippen molar-refractivity contribution in [1.82, 2.24) is 0 Å². The van der Waals surface area contributed by atoms with Crippen molar-refractivity contribution < 1.29 is 9.59 Å². The number of unbranched alkanes of at least 4 members (excludes halogenated alkanes) is 1. The SMILES string of the molecule is CCCCN(C)c1ccc(C(=O)Nc2ccccc2NC(=O)c2ccccc2)cc1. The van der Waals surface area contributed by atoms with Crippen LogP contribution in [0.25, 0.3) is 0 Å². The second kappa shape index (κ2) is 10.3. The van der Waals surface area contributed by atoms with E-state index < -0.39 is 0 Å². The second-order valence-corrected chi connectivity index (χ2v) is 7.14. The van der Waals surface area contributed by atoms with E-state index in [-0.39, 0.29) is 11.8 Å². The van der Waals surface area contributed by atoms with E-state index in [4.69, 9.17) is 0 Å². The summed E-state index contributed by atoms with van der Waals surface area (Å²) < 4.78 is 0. The van der Waals surface area contributed by atoms with Crippen molar-refractivity contribution in [1.29, 1.82) is 0 Å². The zero-order valence-corrected chi connectivity index (χ0v) is 17.4. The molecule has 0 unspecified atom stereocenters. The number of hydrogen-bond acceptors (Lipinski definition) is 3. The van der Waals surface area contributed by atoms with Gasteiger partial charge in [0.2, 0.25) is 0 Å². The average Bonchev–Trinajstić information content (AvgIpc) is 2.79. The molecule has 0 aromatic heterocycles. The molecule has 0 saturated carbocycles. The van der Waals surface area contributed by atoms with Crippen LogP contribution >= 0.6 is 0 Å². The number of rotatable bonds is 8. The number of nitrogens with one attached hydrogen (secondary N) is 2. The lowest BCUT2D eigenvalue weighted by atomic mass is 10.1. The Balaban J connectivity index is 1.69. The molecular weight excluding hydrogens is 374 g/mol. The Morgan fingerprint density at radius 2 is 1.23 bits per heavy atom. The molecule has 3 aromatic rings. The number of nitrogens with zero attached hydrogens (tertiary/aromatic N) is 1. The van der Waals surface area contributed by atoms with Crippen LogP contribution in [0.15, 0.2) is 78.9 Å². The summed E-state index contributed by atoms with van der Waals surface area (Å²) in [5, 5.41) is 5.77. The lowest BCUT2D eigenvalue weighted by Crippen LogP contribution is -2.19. The minimum absolute atomic E-state index is 0.223. The molecule has 0 heterocycles. The summed E-state index contributed by atoms with van der Waals surface area (Å²) in [6, 6.07) is 23.7. The number of carbonyl (C=O) groups excluding carboxylic acids is 2. The highest BCUT2D eigenvalue weighted by atomic mass is 16.2. The predicted octanol–water partition coefficient (Wildman–Crippen LogP) is 5.43. The molecule has 0 fully saturated rings. The van der Waals surface area contributed by atoms with Gasteiger partial charge in [-0.25, -0.2) is 0 Å². The van der Waals surface area contributed by atoms with Crippen LogP contribution < -0.4 is 15.5 Å². The van der Waals surface area contributed by atoms with Gasteiger partial charge in [0.25, 0.3) is 11.8 Å². The Kier molecular flexibility index (Phi) is 7.22. The number of amides is 2. The van der Waals surface area contributed by atoms with E-state index >= 15 is 0 Å². The first-order valence-electron chi connectivity index (χ1n) is 10.2. The molecule has 154 valence electrons. The van der Waals surface area contributed by atoms with Crippen LogP contribution in [-0.4, -0.2) is 25.4 Å². The summed E-state index contributed by atoms with van der Waals surface area (Å²) in [5.74, 6) is -0.448. The molecular formula is C25H27N3O2. The zero-order chi connectivity index (χ0) is 21.3. The van der Waals surface area contributed by atoms with Crippen molar-refractivity contribution in [3.05, 3.63) is 90.0 Å². The van der Waals surface area contributed by atoms with Gasteiger partial charge in [-0.2, -0.15) is 0 Å². The van der Waals surface area contributed by atoms with Crippen LogP contribution in [0.3, 0.4) is 0 Å². The van der Waals surface area contributed by atoms with Crippen molar-refractivity contribution in [2.75, 3.05) is 29.1 Å². The van der Waals surface area contributed by atoms with Crippen LogP contribution in [0.5, 0.6) is 0 Å². The first-order chi connectivity index (χ1) is 14.6. The van der Waals surface area contributed by atoms with Gasteiger partial charge in [-0.05, 0) is 55.0 Å². The first kappa shape index (κ1) is 21.1. The van der Waals surface area contributed by atoms with Gasteiger partial charge in [-0.3, -0.25) is 9.59 Å². The summed E-state index contributed by atoms with van der Waals surface area (Å²) in [5.41, 5.74) is 3.30. The number of hydrogen-bond donors (Lipinski definition) is 2. The van der Waals surface area contributed by atoms with Crippen LogP contribution in [0, 0.1) is 0 Å². The molecule has 0 aliphatic heterocycles. The van der Waals surface area contributed by atoms with Gasteiger partial charge in [0, 0.05) is 30.4 Å².